The summed E-state index contributed by atoms with van der Waals surface area (Å²) in [5, 5.41) is 6.90. The first-order valence-corrected chi connectivity index (χ1v) is 7.41. The van der Waals surface area contributed by atoms with E-state index in [4.69, 9.17) is 11.6 Å². The van der Waals surface area contributed by atoms with Crippen molar-refractivity contribution < 1.29 is 4.79 Å². The molecule has 0 saturated carbocycles. The van der Waals surface area contributed by atoms with E-state index in [1.165, 1.54) is 0 Å². The molecule has 0 spiro atoms. The molecule has 2 rings (SSSR count). The first-order chi connectivity index (χ1) is 9.56. The molecule has 110 valence electrons. The lowest BCUT2D eigenvalue weighted by Crippen LogP contribution is -2.32. The lowest BCUT2D eigenvalue weighted by molar-refractivity contribution is -0.117. The quantitative estimate of drug-likeness (QED) is 0.898. The van der Waals surface area contributed by atoms with Crippen molar-refractivity contribution >= 4 is 28.9 Å². The smallest absolute Gasteiger partial charge is 0.224 e. The Morgan fingerprint density at radius 1 is 1.50 bits per heavy atom. The Kier molecular flexibility index (Phi) is 5.26. The second-order valence-corrected chi connectivity index (χ2v) is 5.93. The fourth-order valence-corrected chi connectivity index (χ4v) is 2.87. The Labute approximate surface area is 125 Å². The van der Waals surface area contributed by atoms with Gasteiger partial charge in [-0.15, -0.1) is 0 Å². The number of nitrogens with zero attached hydrogens (tertiary/aromatic N) is 1. The minimum atomic E-state index is 0.0624. The minimum Gasteiger partial charge on any atom is -0.376 e. The van der Waals surface area contributed by atoms with Crippen LogP contribution in [0.5, 0.6) is 0 Å². The van der Waals surface area contributed by atoms with Crippen molar-refractivity contribution in [1.29, 1.82) is 0 Å². The SMILES string of the molecule is CN(C)c1ccc(NC(=O)CC2CCCNC2)cc1Cl. The topological polar surface area (TPSA) is 44.4 Å². The van der Waals surface area contributed by atoms with E-state index in [9.17, 15) is 4.79 Å². The van der Waals surface area contributed by atoms with Crippen molar-refractivity contribution in [2.45, 2.75) is 19.3 Å². The Bertz CT molecular complexity index is 470. The molecule has 1 atom stereocenters. The van der Waals surface area contributed by atoms with Crippen molar-refractivity contribution in [2.75, 3.05) is 37.4 Å². The van der Waals surface area contributed by atoms with Gasteiger partial charge in [0.15, 0.2) is 0 Å². The van der Waals surface area contributed by atoms with Gasteiger partial charge in [0, 0.05) is 26.2 Å². The molecule has 1 unspecified atom stereocenters. The van der Waals surface area contributed by atoms with Gasteiger partial charge in [-0.1, -0.05) is 11.6 Å². The predicted molar refractivity (Wildman–Crippen MR) is 84.6 cm³/mol. The maximum absolute atomic E-state index is 12.0. The van der Waals surface area contributed by atoms with Crippen LogP contribution in [0.4, 0.5) is 11.4 Å². The minimum absolute atomic E-state index is 0.0624. The van der Waals surface area contributed by atoms with Crippen molar-refractivity contribution in [1.82, 2.24) is 5.32 Å². The van der Waals surface area contributed by atoms with Gasteiger partial charge in [0.05, 0.1) is 10.7 Å². The Morgan fingerprint density at radius 3 is 2.90 bits per heavy atom. The maximum atomic E-state index is 12.0. The third kappa shape index (κ3) is 4.12. The monoisotopic (exact) mass is 295 g/mol. The number of piperidine rings is 1. The van der Waals surface area contributed by atoms with Crippen LogP contribution in [-0.4, -0.2) is 33.1 Å². The first-order valence-electron chi connectivity index (χ1n) is 7.03. The lowest BCUT2D eigenvalue weighted by atomic mass is 9.96. The normalized spacial score (nSPS) is 18.6. The van der Waals surface area contributed by atoms with E-state index < -0.39 is 0 Å². The summed E-state index contributed by atoms with van der Waals surface area (Å²) in [6.45, 7) is 2.01. The van der Waals surface area contributed by atoms with Gasteiger partial charge in [-0.05, 0) is 50.0 Å². The summed E-state index contributed by atoms with van der Waals surface area (Å²) in [7, 11) is 3.88. The fourth-order valence-electron chi connectivity index (χ4n) is 2.52. The van der Waals surface area contributed by atoms with Crippen LogP contribution >= 0.6 is 11.6 Å². The largest absolute Gasteiger partial charge is 0.376 e. The highest BCUT2D eigenvalue weighted by atomic mass is 35.5. The summed E-state index contributed by atoms with van der Waals surface area (Å²) >= 11 is 6.20. The number of carbonyl (C=O) groups is 1. The Hall–Kier alpha value is -1.26. The molecule has 0 aliphatic carbocycles. The van der Waals surface area contributed by atoms with Gasteiger partial charge in [0.1, 0.15) is 0 Å². The van der Waals surface area contributed by atoms with Gasteiger partial charge in [-0.3, -0.25) is 4.79 Å². The Balaban J connectivity index is 1.92. The molecule has 0 bridgehead atoms. The molecule has 5 heteroatoms. The molecular formula is C15H22ClN3O. The summed E-state index contributed by atoms with van der Waals surface area (Å²) in [5.74, 6) is 0.507. The van der Waals surface area contributed by atoms with Crippen LogP contribution in [0.25, 0.3) is 0 Å². The van der Waals surface area contributed by atoms with E-state index in [-0.39, 0.29) is 5.91 Å². The third-order valence-corrected chi connectivity index (χ3v) is 3.89. The molecule has 1 heterocycles. The molecule has 0 aromatic heterocycles. The van der Waals surface area contributed by atoms with Crippen LogP contribution in [-0.2, 0) is 4.79 Å². The summed E-state index contributed by atoms with van der Waals surface area (Å²) < 4.78 is 0. The van der Waals surface area contributed by atoms with E-state index in [2.05, 4.69) is 10.6 Å². The van der Waals surface area contributed by atoms with Crippen LogP contribution in [0.2, 0.25) is 5.02 Å². The summed E-state index contributed by atoms with van der Waals surface area (Å²) in [6.07, 6.45) is 2.85. The van der Waals surface area contributed by atoms with Crippen LogP contribution in [0.15, 0.2) is 18.2 Å². The van der Waals surface area contributed by atoms with Crippen LogP contribution < -0.4 is 15.5 Å². The van der Waals surface area contributed by atoms with Crippen LogP contribution in [0, 0.1) is 5.92 Å². The average Bonchev–Trinajstić information content (AvgIpc) is 2.39. The molecule has 20 heavy (non-hydrogen) atoms. The zero-order chi connectivity index (χ0) is 14.5. The molecule has 1 amide bonds. The van der Waals surface area contributed by atoms with E-state index >= 15 is 0 Å². The fraction of sp³-hybridized carbons (Fsp3) is 0.533. The first kappa shape index (κ1) is 15.1. The van der Waals surface area contributed by atoms with Crippen molar-refractivity contribution in [3.05, 3.63) is 23.2 Å². The molecule has 1 saturated heterocycles. The van der Waals surface area contributed by atoms with Crippen LogP contribution in [0.1, 0.15) is 19.3 Å². The van der Waals surface area contributed by atoms with Crippen LogP contribution in [0.3, 0.4) is 0 Å². The highest BCUT2D eigenvalue weighted by molar-refractivity contribution is 6.33. The molecule has 0 radical (unpaired) electrons. The number of benzene rings is 1. The molecule has 1 aromatic carbocycles. The summed E-state index contributed by atoms with van der Waals surface area (Å²) in [6, 6.07) is 5.60. The van der Waals surface area contributed by atoms with Crippen molar-refractivity contribution in [3.63, 3.8) is 0 Å². The van der Waals surface area contributed by atoms with Gasteiger partial charge in [0.2, 0.25) is 5.91 Å². The molecule has 1 fully saturated rings. The number of nitrogens with one attached hydrogen (secondary N) is 2. The lowest BCUT2D eigenvalue weighted by Gasteiger charge is -2.22. The van der Waals surface area contributed by atoms with Crippen molar-refractivity contribution in [2.24, 2.45) is 5.92 Å². The summed E-state index contributed by atoms with van der Waals surface area (Å²) in [5.41, 5.74) is 1.70. The van der Waals surface area contributed by atoms with Gasteiger partial charge in [0.25, 0.3) is 0 Å². The van der Waals surface area contributed by atoms with Gasteiger partial charge in [-0.25, -0.2) is 0 Å². The van der Waals surface area contributed by atoms with Crippen molar-refractivity contribution in [3.8, 4) is 0 Å². The number of carbonyl (C=O) groups excluding carboxylic acids is 1. The second-order valence-electron chi connectivity index (χ2n) is 5.53. The third-order valence-electron chi connectivity index (χ3n) is 3.59. The van der Waals surface area contributed by atoms with Gasteiger partial charge >= 0.3 is 0 Å². The number of halogens is 1. The number of anilines is 2. The molecule has 1 aliphatic heterocycles. The Morgan fingerprint density at radius 2 is 2.30 bits per heavy atom. The summed E-state index contributed by atoms with van der Waals surface area (Å²) in [4.78, 5) is 14.0. The standard InChI is InChI=1S/C15H22ClN3O/c1-19(2)14-6-5-12(9-13(14)16)18-15(20)8-11-4-3-7-17-10-11/h5-6,9,11,17H,3-4,7-8,10H2,1-2H3,(H,18,20). The van der Waals surface area contributed by atoms with E-state index in [0.717, 1.165) is 37.3 Å². The number of rotatable bonds is 4. The maximum Gasteiger partial charge on any atom is 0.224 e. The molecule has 2 N–H and O–H groups in total. The van der Waals surface area contributed by atoms with Gasteiger partial charge in [-0.2, -0.15) is 0 Å². The number of hydrogen-bond donors (Lipinski definition) is 2. The number of hydrogen-bond acceptors (Lipinski definition) is 3. The second kappa shape index (κ2) is 6.95. The highest BCUT2D eigenvalue weighted by Gasteiger charge is 2.17. The molecule has 1 aromatic rings. The highest BCUT2D eigenvalue weighted by Crippen LogP contribution is 2.27. The van der Waals surface area contributed by atoms with Gasteiger partial charge < -0.3 is 15.5 Å². The number of amides is 1. The molecule has 4 nitrogen and oxygen atoms in total. The van der Waals surface area contributed by atoms with E-state index in [1.54, 1.807) is 6.07 Å². The van der Waals surface area contributed by atoms with E-state index in [1.807, 2.05) is 31.1 Å². The zero-order valence-electron chi connectivity index (χ0n) is 12.1. The zero-order valence-corrected chi connectivity index (χ0v) is 12.8. The molecular weight excluding hydrogens is 274 g/mol. The molecule has 1 aliphatic rings. The van der Waals surface area contributed by atoms with E-state index in [0.29, 0.717) is 17.4 Å². The average molecular weight is 296 g/mol. The predicted octanol–water partition coefficient (Wildman–Crippen LogP) is 2.73.